The van der Waals surface area contributed by atoms with E-state index in [0.717, 1.165) is 13.0 Å². The summed E-state index contributed by atoms with van der Waals surface area (Å²) >= 11 is 1.74. The highest BCUT2D eigenvalue weighted by molar-refractivity contribution is 7.10. The van der Waals surface area contributed by atoms with E-state index >= 15 is 0 Å². The van der Waals surface area contributed by atoms with Crippen molar-refractivity contribution < 1.29 is 9.53 Å². The Balaban J connectivity index is 1.86. The lowest BCUT2D eigenvalue weighted by atomic mass is 9.91. The highest BCUT2D eigenvalue weighted by Gasteiger charge is 2.34. The van der Waals surface area contributed by atoms with Crippen molar-refractivity contribution in [2.45, 2.75) is 38.6 Å². The highest BCUT2D eigenvalue weighted by atomic mass is 32.1. The van der Waals surface area contributed by atoms with Crippen LogP contribution in [0.2, 0.25) is 0 Å². The second-order valence-corrected chi connectivity index (χ2v) is 7.23. The fourth-order valence-corrected chi connectivity index (χ4v) is 3.39. The number of amides is 1. The zero-order chi connectivity index (χ0) is 15.3. The van der Waals surface area contributed by atoms with Gasteiger partial charge in [-0.2, -0.15) is 0 Å². The molecule has 2 rings (SSSR count). The Labute approximate surface area is 131 Å². The van der Waals surface area contributed by atoms with Crippen LogP contribution in [0.4, 0.5) is 0 Å². The average molecular weight is 310 g/mol. The lowest BCUT2D eigenvalue weighted by Crippen LogP contribution is -2.46. The van der Waals surface area contributed by atoms with E-state index in [-0.39, 0.29) is 23.3 Å². The van der Waals surface area contributed by atoms with Crippen LogP contribution >= 0.6 is 11.3 Å². The third-order valence-corrected chi connectivity index (χ3v) is 5.20. The molecule has 1 amide bonds. The minimum absolute atomic E-state index is 0.0321. The average Bonchev–Trinajstić information content (AvgIpc) is 3.13. The van der Waals surface area contributed by atoms with Crippen molar-refractivity contribution in [3.8, 4) is 0 Å². The maximum Gasteiger partial charge on any atom is 0.227 e. The van der Waals surface area contributed by atoms with Gasteiger partial charge in [0.15, 0.2) is 0 Å². The Morgan fingerprint density at radius 2 is 2.29 bits per heavy atom. The molecule has 0 spiro atoms. The van der Waals surface area contributed by atoms with Crippen LogP contribution < -0.4 is 10.6 Å². The van der Waals surface area contributed by atoms with Gasteiger partial charge in [-0.25, -0.2) is 0 Å². The van der Waals surface area contributed by atoms with Gasteiger partial charge < -0.3 is 15.4 Å². The molecule has 0 aliphatic carbocycles. The predicted octanol–water partition coefficient (Wildman–Crippen LogP) is 2.16. The molecule has 2 heterocycles. The Morgan fingerprint density at radius 3 is 2.95 bits per heavy atom. The zero-order valence-electron chi connectivity index (χ0n) is 13.1. The van der Waals surface area contributed by atoms with Gasteiger partial charge in [-0.05, 0) is 24.4 Å². The van der Waals surface area contributed by atoms with Crippen LogP contribution in [0.25, 0.3) is 0 Å². The monoisotopic (exact) mass is 310 g/mol. The van der Waals surface area contributed by atoms with E-state index in [1.54, 1.807) is 11.3 Å². The first kappa shape index (κ1) is 16.5. The molecule has 1 aliphatic heterocycles. The molecule has 1 saturated heterocycles. The quantitative estimate of drug-likeness (QED) is 0.811. The molecule has 1 fully saturated rings. The Morgan fingerprint density at radius 1 is 1.48 bits per heavy atom. The predicted molar refractivity (Wildman–Crippen MR) is 86.7 cm³/mol. The van der Waals surface area contributed by atoms with Crippen molar-refractivity contribution in [3.63, 3.8) is 0 Å². The fraction of sp³-hybridized carbons (Fsp3) is 0.688. The lowest BCUT2D eigenvalue weighted by Gasteiger charge is -2.25. The number of hydrogen-bond acceptors (Lipinski definition) is 4. The van der Waals surface area contributed by atoms with E-state index in [9.17, 15) is 4.79 Å². The van der Waals surface area contributed by atoms with Crippen LogP contribution in [0.5, 0.6) is 0 Å². The SMILES string of the molecule is CCCNC1COCC1C(=O)NCC(C)(C)c1cccs1. The Bertz CT molecular complexity index is 445. The van der Waals surface area contributed by atoms with Crippen LogP contribution in [-0.4, -0.2) is 38.3 Å². The second-order valence-electron chi connectivity index (χ2n) is 6.28. The molecule has 0 radical (unpaired) electrons. The van der Waals surface area contributed by atoms with Crippen molar-refractivity contribution in [1.82, 2.24) is 10.6 Å². The lowest BCUT2D eigenvalue weighted by molar-refractivity contribution is -0.125. The Kier molecular flexibility index (Phi) is 5.79. The summed E-state index contributed by atoms with van der Waals surface area (Å²) in [6.45, 7) is 9.19. The van der Waals surface area contributed by atoms with Crippen LogP contribution in [0.15, 0.2) is 17.5 Å². The van der Waals surface area contributed by atoms with Gasteiger partial charge >= 0.3 is 0 Å². The first-order chi connectivity index (χ1) is 10.0. The summed E-state index contributed by atoms with van der Waals surface area (Å²) in [6.07, 6.45) is 1.07. The summed E-state index contributed by atoms with van der Waals surface area (Å²) in [6, 6.07) is 4.33. The molecule has 1 aliphatic rings. The molecule has 118 valence electrons. The van der Waals surface area contributed by atoms with Crippen LogP contribution in [0, 0.1) is 5.92 Å². The molecular formula is C16H26N2O2S. The maximum atomic E-state index is 12.4. The van der Waals surface area contributed by atoms with Gasteiger partial charge in [0.05, 0.1) is 19.1 Å². The van der Waals surface area contributed by atoms with E-state index < -0.39 is 0 Å². The topological polar surface area (TPSA) is 50.4 Å². The van der Waals surface area contributed by atoms with Crippen LogP contribution in [0.3, 0.4) is 0 Å². The number of ether oxygens (including phenoxy) is 1. The molecule has 0 aromatic carbocycles. The van der Waals surface area contributed by atoms with Crippen LogP contribution in [-0.2, 0) is 14.9 Å². The van der Waals surface area contributed by atoms with Crippen molar-refractivity contribution in [2.24, 2.45) is 5.92 Å². The fourth-order valence-electron chi connectivity index (χ4n) is 2.53. The number of carbonyl (C=O) groups is 1. The summed E-state index contributed by atoms with van der Waals surface area (Å²) in [5.74, 6) is 0.0291. The number of hydrogen-bond donors (Lipinski definition) is 2. The largest absolute Gasteiger partial charge is 0.379 e. The molecule has 2 N–H and O–H groups in total. The Hall–Kier alpha value is -0.910. The smallest absolute Gasteiger partial charge is 0.227 e. The number of carbonyl (C=O) groups excluding carboxylic acids is 1. The standard InChI is InChI=1S/C16H26N2O2S/c1-4-7-17-13-10-20-9-12(13)15(19)18-11-16(2,3)14-6-5-8-21-14/h5-6,8,12-13,17H,4,7,9-11H2,1-3H3,(H,18,19). The van der Waals surface area contributed by atoms with E-state index in [4.69, 9.17) is 4.74 Å². The van der Waals surface area contributed by atoms with Gasteiger partial charge in [-0.1, -0.05) is 26.8 Å². The zero-order valence-corrected chi connectivity index (χ0v) is 14.0. The van der Waals surface area contributed by atoms with E-state index in [1.165, 1.54) is 4.88 Å². The van der Waals surface area contributed by atoms with E-state index in [0.29, 0.717) is 19.8 Å². The number of thiophene rings is 1. The summed E-state index contributed by atoms with van der Waals surface area (Å²) in [4.78, 5) is 13.7. The van der Waals surface area contributed by atoms with Crippen molar-refractivity contribution in [2.75, 3.05) is 26.3 Å². The maximum absolute atomic E-state index is 12.4. The molecule has 2 atom stereocenters. The van der Waals surface area contributed by atoms with Gasteiger partial charge in [0, 0.05) is 22.9 Å². The van der Waals surface area contributed by atoms with Crippen LogP contribution in [0.1, 0.15) is 32.1 Å². The molecule has 0 saturated carbocycles. The molecule has 1 aromatic heterocycles. The van der Waals surface area contributed by atoms with E-state index in [2.05, 4.69) is 48.9 Å². The summed E-state index contributed by atoms with van der Waals surface area (Å²) < 4.78 is 5.47. The van der Waals surface area contributed by atoms with Crippen molar-refractivity contribution in [1.29, 1.82) is 0 Å². The van der Waals surface area contributed by atoms with E-state index in [1.807, 2.05) is 0 Å². The summed E-state index contributed by atoms with van der Waals surface area (Å²) in [7, 11) is 0. The normalized spacial score (nSPS) is 22.4. The van der Waals surface area contributed by atoms with Crippen molar-refractivity contribution in [3.05, 3.63) is 22.4 Å². The molecule has 5 heteroatoms. The van der Waals surface area contributed by atoms with Gasteiger partial charge in [0.2, 0.25) is 5.91 Å². The molecular weight excluding hydrogens is 284 g/mol. The van der Waals surface area contributed by atoms with Gasteiger partial charge in [0.25, 0.3) is 0 Å². The first-order valence-electron chi connectivity index (χ1n) is 7.67. The molecule has 21 heavy (non-hydrogen) atoms. The molecule has 2 unspecified atom stereocenters. The van der Waals surface area contributed by atoms with Gasteiger partial charge in [-0.3, -0.25) is 4.79 Å². The number of nitrogens with one attached hydrogen (secondary N) is 2. The van der Waals surface area contributed by atoms with Gasteiger partial charge in [-0.15, -0.1) is 11.3 Å². The third-order valence-electron chi connectivity index (χ3n) is 3.97. The second kappa shape index (κ2) is 7.38. The first-order valence-corrected chi connectivity index (χ1v) is 8.55. The molecule has 1 aromatic rings. The molecule has 4 nitrogen and oxygen atoms in total. The third kappa shape index (κ3) is 4.28. The van der Waals surface area contributed by atoms with Crippen molar-refractivity contribution >= 4 is 17.2 Å². The summed E-state index contributed by atoms with van der Waals surface area (Å²) in [5.41, 5.74) is -0.0321. The molecule has 0 bridgehead atoms. The number of rotatable bonds is 7. The van der Waals surface area contributed by atoms with Gasteiger partial charge in [0.1, 0.15) is 0 Å². The highest BCUT2D eigenvalue weighted by Crippen LogP contribution is 2.26. The minimum atomic E-state index is -0.0734. The summed E-state index contributed by atoms with van der Waals surface area (Å²) in [5, 5.41) is 8.59. The minimum Gasteiger partial charge on any atom is -0.379 e.